The summed E-state index contributed by atoms with van der Waals surface area (Å²) in [5.41, 5.74) is -0.151. The molecule has 86 valence electrons. The van der Waals surface area contributed by atoms with Gasteiger partial charge in [0.15, 0.2) is 0 Å². The van der Waals surface area contributed by atoms with Gasteiger partial charge < -0.3 is 5.11 Å². The third kappa shape index (κ3) is 2.40. The summed E-state index contributed by atoms with van der Waals surface area (Å²) in [6, 6.07) is -0.259. The Hall–Kier alpha value is -0.830. The van der Waals surface area contributed by atoms with Gasteiger partial charge in [-0.15, -0.1) is 6.58 Å². The molecule has 0 aromatic heterocycles. The lowest BCUT2D eigenvalue weighted by Crippen LogP contribution is -2.56. The van der Waals surface area contributed by atoms with Crippen molar-refractivity contribution in [3.63, 3.8) is 0 Å². The first-order valence-corrected chi connectivity index (χ1v) is 5.51. The van der Waals surface area contributed by atoms with Gasteiger partial charge in [0.2, 0.25) is 0 Å². The monoisotopic (exact) mass is 211 g/mol. The molecule has 3 heteroatoms. The number of piperidine rings is 1. The summed E-state index contributed by atoms with van der Waals surface area (Å²) in [6.07, 6.45) is 3.86. The number of aliphatic carboxylic acids is 1. The quantitative estimate of drug-likeness (QED) is 0.727. The molecule has 3 nitrogen and oxygen atoms in total. The fourth-order valence-corrected chi connectivity index (χ4v) is 2.48. The minimum atomic E-state index is -0.714. The van der Waals surface area contributed by atoms with Crippen LogP contribution in [0.25, 0.3) is 0 Å². The summed E-state index contributed by atoms with van der Waals surface area (Å²) in [7, 11) is 0. The lowest BCUT2D eigenvalue weighted by molar-refractivity contribution is -0.151. The summed E-state index contributed by atoms with van der Waals surface area (Å²) in [5.74, 6) is -0.714. The fraction of sp³-hybridized carbons (Fsp3) is 0.750. The Balaban J connectivity index is 2.94. The maximum atomic E-state index is 11.3. The average Bonchev–Trinajstić information content (AvgIpc) is 2.14. The van der Waals surface area contributed by atoms with Crippen LogP contribution in [-0.2, 0) is 4.79 Å². The SMILES string of the molecule is C=CC(C)N1CCCC(C)(C)C1C(=O)O. The first-order chi connectivity index (χ1) is 6.90. The number of hydrogen-bond donors (Lipinski definition) is 1. The molecule has 0 radical (unpaired) electrons. The highest BCUT2D eigenvalue weighted by Crippen LogP contribution is 2.36. The first kappa shape index (κ1) is 12.2. The molecule has 2 unspecified atom stereocenters. The van der Waals surface area contributed by atoms with Crippen LogP contribution in [0.4, 0.5) is 0 Å². The van der Waals surface area contributed by atoms with E-state index in [2.05, 4.69) is 6.58 Å². The van der Waals surface area contributed by atoms with Gasteiger partial charge in [-0.1, -0.05) is 19.9 Å². The van der Waals surface area contributed by atoms with Gasteiger partial charge in [-0.2, -0.15) is 0 Å². The number of likely N-dealkylation sites (tertiary alicyclic amines) is 1. The Kier molecular flexibility index (Phi) is 3.55. The van der Waals surface area contributed by atoms with Gasteiger partial charge in [0, 0.05) is 6.04 Å². The molecule has 0 aromatic carbocycles. The van der Waals surface area contributed by atoms with Crippen molar-refractivity contribution < 1.29 is 9.90 Å². The fourth-order valence-electron chi connectivity index (χ4n) is 2.48. The van der Waals surface area contributed by atoms with Crippen molar-refractivity contribution in [1.29, 1.82) is 0 Å². The molecule has 1 aliphatic heterocycles. The Morgan fingerprint density at radius 2 is 2.27 bits per heavy atom. The summed E-state index contributed by atoms with van der Waals surface area (Å²) in [4.78, 5) is 13.4. The third-order valence-corrected chi connectivity index (χ3v) is 3.41. The molecule has 1 aliphatic rings. The molecular weight excluding hydrogens is 190 g/mol. The van der Waals surface area contributed by atoms with Crippen LogP contribution in [0, 0.1) is 5.41 Å². The van der Waals surface area contributed by atoms with Crippen molar-refractivity contribution in [3.05, 3.63) is 12.7 Å². The second-order valence-electron chi connectivity index (χ2n) is 5.05. The van der Waals surface area contributed by atoms with Gasteiger partial charge in [-0.25, -0.2) is 0 Å². The second-order valence-corrected chi connectivity index (χ2v) is 5.05. The predicted molar refractivity (Wildman–Crippen MR) is 60.8 cm³/mol. The maximum absolute atomic E-state index is 11.3. The zero-order chi connectivity index (χ0) is 11.6. The lowest BCUT2D eigenvalue weighted by atomic mass is 9.76. The van der Waals surface area contributed by atoms with Crippen LogP contribution in [0.5, 0.6) is 0 Å². The lowest BCUT2D eigenvalue weighted by Gasteiger charge is -2.46. The molecule has 0 spiro atoms. The van der Waals surface area contributed by atoms with Crippen LogP contribution in [0.3, 0.4) is 0 Å². The van der Waals surface area contributed by atoms with E-state index >= 15 is 0 Å². The van der Waals surface area contributed by atoms with E-state index < -0.39 is 5.97 Å². The number of rotatable bonds is 3. The van der Waals surface area contributed by atoms with Gasteiger partial charge in [-0.05, 0) is 31.7 Å². The summed E-state index contributed by atoms with van der Waals surface area (Å²) in [6.45, 7) is 10.7. The molecule has 1 saturated heterocycles. The van der Waals surface area contributed by atoms with Gasteiger partial charge in [-0.3, -0.25) is 9.69 Å². The highest BCUT2D eigenvalue weighted by molar-refractivity contribution is 5.74. The van der Waals surface area contributed by atoms with E-state index in [1.165, 1.54) is 0 Å². The molecule has 1 fully saturated rings. The van der Waals surface area contributed by atoms with E-state index in [1.54, 1.807) is 0 Å². The average molecular weight is 211 g/mol. The number of hydrogen-bond acceptors (Lipinski definition) is 2. The first-order valence-electron chi connectivity index (χ1n) is 5.51. The van der Waals surface area contributed by atoms with Crippen LogP contribution < -0.4 is 0 Å². The zero-order valence-electron chi connectivity index (χ0n) is 9.86. The van der Waals surface area contributed by atoms with Crippen molar-refractivity contribution in [2.24, 2.45) is 5.41 Å². The Labute approximate surface area is 91.8 Å². The van der Waals surface area contributed by atoms with Crippen LogP contribution in [0.1, 0.15) is 33.6 Å². The van der Waals surface area contributed by atoms with Crippen LogP contribution in [0.15, 0.2) is 12.7 Å². The normalized spacial score (nSPS) is 28.3. The summed E-state index contributed by atoms with van der Waals surface area (Å²) < 4.78 is 0. The van der Waals surface area contributed by atoms with E-state index in [0.717, 1.165) is 19.4 Å². The Morgan fingerprint density at radius 3 is 2.73 bits per heavy atom. The minimum absolute atomic E-state index is 0.130. The molecule has 1 rings (SSSR count). The molecule has 1 N–H and O–H groups in total. The molecule has 1 heterocycles. The van der Waals surface area contributed by atoms with Crippen LogP contribution in [-0.4, -0.2) is 34.6 Å². The number of nitrogens with zero attached hydrogens (tertiary/aromatic N) is 1. The van der Waals surface area contributed by atoms with E-state index in [1.807, 2.05) is 31.7 Å². The molecule has 2 atom stereocenters. The predicted octanol–water partition coefficient (Wildman–Crippen LogP) is 2.14. The molecule has 15 heavy (non-hydrogen) atoms. The van der Waals surface area contributed by atoms with Crippen molar-refractivity contribution in [2.75, 3.05) is 6.54 Å². The largest absolute Gasteiger partial charge is 0.480 e. The van der Waals surface area contributed by atoms with Crippen LogP contribution in [0.2, 0.25) is 0 Å². The molecular formula is C12H21NO2. The number of carboxylic acid groups (broad SMARTS) is 1. The topological polar surface area (TPSA) is 40.5 Å². The standard InChI is InChI=1S/C12H21NO2/c1-5-9(2)13-8-6-7-12(3,4)10(13)11(14)15/h5,9-10H,1,6-8H2,2-4H3,(H,14,15). The zero-order valence-corrected chi connectivity index (χ0v) is 9.86. The van der Waals surface area contributed by atoms with E-state index in [0.29, 0.717) is 0 Å². The van der Waals surface area contributed by atoms with E-state index in [-0.39, 0.29) is 17.5 Å². The summed E-state index contributed by atoms with van der Waals surface area (Å²) >= 11 is 0. The molecule has 0 bridgehead atoms. The third-order valence-electron chi connectivity index (χ3n) is 3.41. The molecule has 0 aromatic rings. The van der Waals surface area contributed by atoms with Crippen molar-refractivity contribution >= 4 is 5.97 Å². The smallest absolute Gasteiger partial charge is 0.321 e. The Bertz CT molecular complexity index is 260. The van der Waals surface area contributed by atoms with Crippen molar-refractivity contribution in [3.8, 4) is 0 Å². The Morgan fingerprint density at radius 1 is 1.67 bits per heavy atom. The van der Waals surface area contributed by atoms with Gasteiger partial charge >= 0.3 is 5.97 Å². The minimum Gasteiger partial charge on any atom is -0.480 e. The van der Waals surface area contributed by atoms with Crippen LogP contribution >= 0.6 is 0 Å². The van der Waals surface area contributed by atoms with Crippen molar-refractivity contribution in [1.82, 2.24) is 4.90 Å². The highest BCUT2D eigenvalue weighted by atomic mass is 16.4. The maximum Gasteiger partial charge on any atom is 0.321 e. The molecule has 0 amide bonds. The number of carboxylic acids is 1. The van der Waals surface area contributed by atoms with Gasteiger partial charge in [0.25, 0.3) is 0 Å². The van der Waals surface area contributed by atoms with E-state index in [4.69, 9.17) is 0 Å². The van der Waals surface area contributed by atoms with Crippen molar-refractivity contribution in [2.45, 2.75) is 45.7 Å². The molecule has 0 saturated carbocycles. The number of carbonyl (C=O) groups is 1. The van der Waals surface area contributed by atoms with Gasteiger partial charge in [0.1, 0.15) is 6.04 Å². The van der Waals surface area contributed by atoms with Gasteiger partial charge in [0.05, 0.1) is 0 Å². The highest BCUT2D eigenvalue weighted by Gasteiger charge is 2.43. The molecule has 0 aliphatic carbocycles. The summed E-state index contributed by atoms with van der Waals surface area (Å²) in [5, 5.41) is 9.31. The second kappa shape index (κ2) is 4.35. The van der Waals surface area contributed by atoms with E-state index in [9.17, 15) is 9.90 Å².